The molecule has 0 atom stereocenters. The summed E-state index contributed by atoms with van der Waals surface area (Å²) in [5.74, 6) is -0.233. The van der Waals surface area contributed by atoms with E-state index in [4.69, 9.17) is 0 Å². The van der Waals surface area contributed by atoms with Crippen molar-refractivity contribution in [1.82, 2.24) is 0 Å². The molecule has 2 aliphatic heterocycles. The molecule has 180 valence electrons. The second kappa shape index (κ2) is 10.2. The van der Waals surface area contributed by atoms with Gasteiger partial charge in [-0.25, -0.2) is 0 Å². The summed E-state index contributed by atoms with van der Waals surface area (Å²) >= 11 is 8.15. The van der Waals surface area contributed by atoms with Crippen LogP contribution < -0.4 is 10.2 Å². The van der Waals surface area contributed by atoms with Gasteiger partial charge in [0.1, 0.15) is 0 Å². The Labute approximate surface area is 229 Å². The van der Waals surface area contributed by atoms with Crippen LogP contribution in [0.15, 0.2) is 90.8 Å². The minimum Gasteiger partial charge on any atom is -0.320 e. The van der Waals surface area contributed by atoms with E-state index in [0.717, 1.165) is 20.1 Å². The first-order valence-electron chi connectivity index (χ1n) is 11.2. The lowest BCUT2D eigenvalue weighted by atomic mass is 10.0. The molecule has 1 fully saturated rings. The Morgan fingerprint density at radius 3 is 2.50 bits per heavy atom. The van der Waals surface area contributed by atoms with Crippen LogP contribution in [0, 0.1) is 0 Å². The maximum atomic E-state index is 13.6. The van der Waals surface area contributed by atoms with E-state index in [1.165, 1.54) is 11.8 Å². The lowest BCUT2D eigenvalue weighted by Gasteiger charge is -2.17. The summed E-state index contributed by atoms with van der Waals surface area (Å²) in [5, 5.41) is 11.9. The molecule has 0 spiro atoms. The van der Waals surface area contributed by atoms with Gasteiger partial charge in [0.05, 0.1) is 16.3 Å². The van der Waals surface area contributed by atoms with Crippen LogP contribution in [-0.2, 0) is 9.59 Å². The zero-order chi connectivity index (χ0) is 25.4. The van der Waals surface area contributed by atoms with E-state index < -0.39 is 0 Å². The van der Waals surface area contributed by atoms with Crippen molar-refractivity contribution in [1.29, 1.82) is 0 Å². The molecule has 9 heteroatoms. The lowest BCUT2D eigenvalue weighted by Crippen LogP contribution is -2.29. The largest absolute Gasteiger partial charge is 0.320 e. The van der Waals surface area contributed by atoms with E-state index in [-0.39, 0.29) is 17.5 Å². The third-order valence-corrected chi connectivity index (χ3v) is 7.63. The Morgan fingerprint density at radius 2 is 1.72 bits per heavy atom. The van der Waals surface area contributed by atoms with E-state index in [1.807, 2.05) is 72.8 Å². The van der Waals surface area contributed by atoms with Gasteiger partial charge in [-0.05, 0) is 77.3 Å². The number of anilines is 2. The van der Waals surface area contributed by atoms with Crippen LogP contribution in [0.25, 0.3) is 6.08 Å². The maximum absolute atomic E-state index is 13.6. The molecule has 36 heavy (non-hydrogen) atoms. The van der Waals surface area contributed by atoms with Crippen molar-refractivity contribution in [2.45, 2.75) is 19.8 Å². The summed E-state index contributed by atoms with van der Waals surface area (Å²) in [7, 11) is 0. The van der Waals surface area contributed by atoms with Gasteiger partial charge in [-0.2, -0.15) is 0 Å². The minimum absolute atomic E-state index is 0.196. The summed E-state index contributed by atoms with van der Waals surface area (Å²) in [5.41, 5.74) is 4.23. The van der Waals surface area contributed by atoms with E-state index >= 15 is 0 Å². The van der Waals surface area contributed by atoms with Crippen LogP contribution in [0.5, 0.6) is 0 Å². The van der Waals surface area contributed by atoms with Crippen LogP contribution >= 0.6 is 43.6 Å². The van der Waals surface area contributed by atoms with Crippen molar-refractivity contribution < 1.29 is 9.59 Å². The standard InChI is InChI=1S/C27H20Br2N4O2S/c1-15(2)17-6-4-8-20(13-17)33-26(35)23(12-16-5-3-7-18(28)11-16)36-27(33)32-31-24-21-14-19(29)9-10-22(21)30-25(24)34/h3-15H,1-2H3,(H,30,31,34). The third kappa shape index (κ3) is 4.96. The molecule has 0 saturated carbocycles. The monoisotopic (exact) mass is 622 g/mol. The summed E-state index contributed by atoms with van der Waals surface area (Å²) in [6.45, 7) is 4.21. The van der Waals surface area contributed by atoms with Gasteiger partial charge in [-0.3, -0.25) is 14.5 Å². The van der Waals surface area contributed by atoms with Gasteiger partial charge < -0.3 is 5.32 Å². The molecule has 0 aliphatic carbocycles. The van der Waals surface area contributed by atoms with Crippen LogP contribution in [0.1, 0.15) is 36.5 Å². The third-order valence-electron chi connectivity index (χ3n) is 5.68. The zero-order valence-corrected chi connectivity index (χ0v) is 23.3. The Bertz CT molecular complexity index is 1500. The van der Waals surface area contributed by atoms with Crippen LogP contribution in [0.2, 0.25) is 0 Å². The normalized spacial score (nSPS) is 18.6. The fourth-order valence-corrected chi connectivity index (χ4v) is 5.57. The van der Waals surface area contributed by atoms with Crippen molar-refractivity contribution in [3.8, 4) is 0 Å². The Morgan fingerprint density at radius 1 is 0.944 bits per heavy atom. The predicted octanol–water partition coefficient (Wildman–Crippen LogP) is 7.17. The molecule has 2 heterocycles. The first-order valence-corrected chi connectivity index (χ1v) is 13.6. The Balaban J connectivity index is 1.59. The number of amides is 2. The van der Waals surface area contributed by atoms with Gasteiger partial charge in [0, 0.05) is 14.5 Å². The van der Waals surface area contributed by atoms with Crippen molar-refractivity contribution in [3.05, 3.63) is 97.3 Å². The number of halogens is 2. The summed E-state index contributed by atoms with van der Waals surface area (Å²) in [4.78, 5) is 28.3. The highest BCUT2D eigenvalue weighted by Gasteiger charge is 2.35. The smallest absolute Gasteiger partial charge is 0.276 e. The zero-order valence-electron chi connectivity index (χ0n) is 19.3. The molecule has 2 amide bonds. The number of carbonyl (C=O) groups excluding carboxylic acids is 2. The molecule has 5 rings (SSSR count). The average Bonchev–Trinajstić information content (AvgIpc) is 3.32. The number of fused-ring (bicyclic) bond motifs is 1. The van der Waals surface area contributed by atoms with Gasteiger partial charge in [0.25, 0.3) is 11.8 Å². The average molecular weight is 624 g/mol. The fraction of sp³-hybridized carbons (Fsp3) is 0.111. The predicted molar refractivity (Wildman–Crippen MR) is 154 cm³/mol. The van der Waals surface area contributed by atoms with Gasteiger partial charge in [-0.15, -0.1) is 10.2 Å². The van der Waals surface area contributed by atoms with Gasteiger partial charge in [-0.1, -0.05) is 70.0 Å². The number of thioether (sulfide) groups is 1. The fourth-order valence-electron chi connectivity index (χ4n) is 3.86. The number of hydrogen-bond donors (Lipinski definition) is 1. The van der Waals surface area contributed by atoms with Gasteiger partial charge >= 0.3 is 0 Å². The van der Waals surface area contributed by atoms with Crippen molar-refractivity contribution >= 4 is 83.8 Å². The number of nitrogens with one attached hydrogen (secondary N) is 1. The summed E-state index contributed by atoms with van der Waals surface area (Å²) in [6, 6.07) is 21.0. The van der Waals surface area contributed by atoms with E-state index in [0.29, 0.717) is 32.9 Å². The van der Waals surface area contributed by atoms with Crippen molar-refractivity contribution in [2.24, 2.45) is 10.2 Å². The van der Waals surface area contributed by atoms with Crippen LogP contribution in [-0.4, -0.2) is 22.7 Å². The lowest BCUT2D eigenvalue weighted by molar-refractivity contribution is -0.113. The molecule has 6 nitrogen and oxygen atoms in total. The second-order valence-electron chi connectivity index (χ2n) is 8.53. The topological polar surface area (TPSA) is 74.1 Å². The van der Waals surface area contributed by atoms with Crippen molar-refractivity contribution in [2.75, 3.05) is 10.2 Å². The van der Waals surface area contributed by atoms with Gasteiger partial charge in [0.15, 0.2) is 5.71 Å². The molecule has 0 radical (unpaired) electrons. The highest BCUT2D eigenvalue weighted by Crippen LogP contribution is 2.37. The minimum atomic E-state index is -0.333. The number of benzene rings is 3. The quantitative estimate of drug-likeness (QED) is 0.247. The maximum Gasteiger partial charge on any atom is 0.276 e. The molecular formula is C27H20Br2N4O2S. The molecule has 3 aromatic carbocycles. The molecular weight excluding hydrogens is 604 g/mol. The number of rotatable bonds is 4. The molecule has 2 aliphatic rings. The SMILES string of the molecule is CC(C)c1cccc(N2C(=O)C(=Cc3cccc(Br)c3)SC2=NN=C2C(=O)Nc3ccc(Br)cc32)c1. The first kappa shape index (κ1) is 24.7. The Hall–Kier alpha value is -3.01. The molecule has 1 saturated heterocycles. The number of nitrogens with zero attached hydrogens (tertiary/aromatic N) is 3. The highest BCUT2D eigenvalue weighted by molar-refractivity contribution is 9.10. The van der Waals surface area contributed by atoms with E-state index in [1.54, 1.807) is 4.90 Å². The molecule has 0 unspecified atom stereocenters. The number of hydrogen-bond acceptors (Lipinski definition) is 5. The molecule has 0 aromatic heterocycles. The Kier molecular flexibility index (Phi) is 6.96. The first-order chi connectivity index (χ1) is 17.3. The van der Waals surface area contributed by atoms with E-state index in [2.05, 4.69) is 61.2 Å². The molecule has 3 aromatic rings. The second-order valence-corrected chi connectivity index (χ2v) is 11.4. The summed E-state index contributed by atoms with van der Waals surface area (Å²) in [6.07, 6.45) is 1.83. The van der Waals surface area contributed by atoms with Crippen LogP contribution in [0.3, 0.4) is 0 Å². The number of carbonyl (C=O) groups is 2. The summed E-state index contributed by atoms with van der Waals surface area (Å²) < 4.78 is 1.75. The highest BCUT2D eigenvalue weighted by atomic mass is 79.9. The van der Waals surface area contributed by atoms with Crippen molar-refractivity contribution in [3.63, 3.8) is 0 Å². The molecule has 0 bridgehead atoms. The van der Waals surface area contributed by atoms with Crippen LogP contribution in [0.4, 0.5) is 11.4 Å². The van der Waals surface area contributed by atoms with Gasteiger partial charge in [0.2, 0.25) is 5.17 Å². The van der Waals surface area contributed by atoms with E-state index in [9.17, 15) is 9.59 Å². The number of amidine groups is 1. The molecule has 1 N–H and O–H groups in total.